The van der Waals surface area contributed by atoms with E-state index >= 15 is 0 Å². The van der Waals surface area contributed by atoms with Crippen LogP contribution in [0.25, 0.3) is 10.9 Å². The number of fused-ring (bicyclic) bond motifs is 1. The zero-order valence-corrected chi connectivity index (χ0v) is 16.2. The first-order chi connectivity index (χ1) is 14.0. The van der Waals surface area contributed by atoms with Crippen molar-refractivity contribution < 1.29 is 14.3 Å². The summed E-state index contributed by atoms with van der Waals surface area (Å²) in [4.78, 5) is 38.2. The zero-order chi connectivity index (χ0) is 21.0. The lowest BCUT2D eigenvalue weighted by Gasteiger charge is -2.15. The third-order valence-corrected chi connectivity index (χ3v) is 4.43. The molecule has 1 N–H and O–H groups in total. The summed E-state index contributed by atoms with van der Waals surface area (Å²) in [5, 5.41) is 3.08. The molecule has 0 unspecified atom stereocenters. The fourth-order valence-electron chi connectivity index (χ4n) is 3.06. The minimum Gasteiger partial charge on any atom is -0.497 e. The zero-order valence-electron chi connectivity index (χ0n) is 16.2. The van der Waals surface area contributed by atoms with E-state index in [4.69, 9.17) is 9.47 Å². The van der Waals surface area contributed by atoms with Crippen molar-refractivity contribution in [1.82, 2.24) is 9.13 Å². The van der Waals surface area contributed by atoms with Gasteiger partial charge in [-0.2, -0.15) is 0 Å². The quantitative estimate of drug-likeness (QED) is 0.618. The molecule has 0 aliphatic rings. The number of rotatable bonds is 7. The molecule has 8 heteroatoms. The first-order valence-corrected chi connectivity index (χ1v) is 8.85. The highest BCUT2D eigenvalue weighted by atomic mass is 16.5. The topological polar surface area (TPSA) is 91.6 Å². The van der Waals surface area contributed by atoms with Crippen LogP contribution >= 0.6 is 0 Å². The summed E-state index contributed by atoms with van der Waals surface area (Å²) in [5.74, 6) is 0.545. The standard InChI is InChI=1S/C21H21N3O5/c1-4-11-23-20(26)15-7-5-6-8-17(15)24(21(23)27)13-19(25)22-16-12-14(28-2)9-10-18(16)29-3/h4-10,12H,1,11,13H2,2-3H3,(H,22,25). The van der Waals surface area contributed by atoms with Crippen LogP contribution in [0.5, 0.6) is 11.5 Å². The molecule has 0 fully saturated rings. The Morgan fingerprint density at radius 1 is 1.10 bits per heavy atom. The number of para-hydroxylation sites is 1. The maximum Gasteiger partial charge on any atom is 0.332 e. The van der Waals surface area contributed by atoms with Crippen LogP contribution in [-0.2, 0) is 17.9 Å². The number of aromatic nitrogens is 2. The van der Waals surface area contributed by atoms with E-state index < -0.39 is 17.2 Å². The van der Waals surface area contributed by atoms with Crippen LogP contribution in [0.1, 0.15) is 0 Å². The third-order valence-electron chi connectivity index (χ3n) is 4.43. The van der Waals surface area contributed by atoms with E-state index in [1.54, 1.807) is 42.5 Å². The molecule has 8 nitrogen and oxygen atoms in total. The summed E-state index contributed by atoms with van der Waals surface area (Å²) in [6.45, 7) is 3.36. The molecule has 0 aliphatic carbocycles. The molecule has 1 heterocycles. The Morgan fingerprint density at radius 3 is 2.55 bits per heavy atom. The average Bonchev–Trinajstić information content (AvgIpc) is 2.74. The van der Waals surface area contributed by atoms with E-state index in [-0.39, 0.29) is 13.1 Å². The lowest BCUT2D eigenvalue weighted by atomic mass is 10.2. The molecule has 150 valence electrons. The molecule has 0 saturated heterocycles. The maximum atomic E-state index is 12.9. The Hall–Kier alpha value is -3.81. The Bertz CT molecular complexity index is 1190. The number of methoxy groups -OCH3 is 2. The fourth-order valence-corrected chi connectivity index (χ4v) is 3.06. The van der Waals surface area contributed by atoms with Crippen molar-refractivity contribution in [2.24, 2.45) is 0 Å². The molecule has 3 aromatic rings. The highest BCUT2D eigenvalue weighted by Crippen LogP contribution is 2.28. The molecular formula is C21H21N3O5. The number of allylic oxidation sites excluding steroid dienone is 1. The van der Waals surface area contributed by atoms with Gasteiger partial charge in [0, 0.05) is 12.6 Å². The minimum absolute atomic E-state index is 0.0494. The highest BCUT2D eigenvalue weighted by molar-refractivity contribution is 5.93. The Kier molecular flexibility index (Phi) is 5.82. The van der Waals surface area contributed by atoms with Gasteiger partial charge in [0.05, 0.1) is 30.8 Å². The van der Waals surface area contributed by atoms with Gasteiger partial charge in [-0.1, -0.05) is 18.2 Å². The van der Waals surface area contributed by atoms with Gasteiger partial charge in [0.1, 0.15) is 18.0 Å². The third kappa shape index (κ3) is 3.91. The summed E-state index contributed by atoms with van der Waals surface area (Å²) in [7, 11) is 3.00. The molecule has 3 rings (SSSR count). The van der Waals surface area contributed by atoms with Crippen molar-refractivity contribution in [1.29, 1.82) is 0 Å². The van der Waals surface area contributed by atoms with Crippen molar-refractivity contribution in [2.45, 2.75) is 13.1 Å². The van der Waals surface area contributed by atoms with Gasteiger partial charge in [-0.3, -0.25) is 18.7 Å². The first kappa shape index (κ1) is 19.9. The smallest absolute Gasteiger partial charge is 0.332 e. The molecule has 2 aromatic carbocycles. The van der Waals surface area contributed by atoms with Crippen molar-refractivity contribution in [3.63, 3.8) is 0 Å². The number of hydrogen-bond acceptors (Lipinski definition) is 5. The summed E-state index contributed by atoms with van der Waals surface area (Å²) in [5.41, 5.74) is -0.206. The van der Waals surface area contributed by atoms with Gasteiger partial charge in [0.15, 0.2) is 0 Å². The molecule has 0 spiro atoms. The number of carbonyl (C=O) groups excluding carboxylic acids is 1. The lowest BCUT2D eigenvalue weighted by molar-refractivity contribution is -0.116. The maximum absolute atomic E-state index is 12.9. The molecule has 0 atom stereocenters. The van der Waals surface area contributed by atoms with Crippen LogP contribution in [0.15, 0.2) is 64.7 Å². The summed E-state index contributed by atoms with van der Waals surface area (Å²) in [6, 6.07) is 11.7. The highest BCUT2D eigenvalue weighted by Gasteiger charge is 2.16. The van der Waals surface area contributed by atoms with Crippen molar-refractivity contribution in [3.8, 4) is 11.5 Å². The number of ether oxygens (including phenoxy) is 2. The number of carbonyl (C=O) groups is 1. The van der Waals surface area contributed by atoms with E-state index in [1.165, 1.54) is 24.9 Å². The van der Waals surface area contributed by atoms with Crippen LogP contribution in [0, 0.1) is 0 Å². The van der Waals surface area contributed by atoms with E-state index in [0.29, 0.717) is 28.1 Å². The van der Waals surface area contributed by atoms with Gasteiger partial charge >= 0.3 is 5.69 Å². The van der Waals surface area contributed by atoms with Crippen LogP contribution in [0.2, 0.25) is 0 Å². The minimum atomic E-state index is -0.582. The van der Waals surface area contributed by atoms with Gasteiger partial charge in [-0.25, -0.2) is 4.79 Å². The molecular weight excluding hydrogens is 374 g/mol. The van der Waals surface area contributed by atoms with Crippen LogP contribution in [-0.4, -0.2) is 29.3 Å². The normalized spacial score (nSPS) is 10.6. The van der Waals surface area contributed by atoms with E-state index in [9.17, 15) is 14.4 Å². The number of nitrogens with one attached hydrogen (secondary N) is 1. The molecule has 0 radical (unpaired) electrons. The molecule has 0 bridgehead atoms. The van der Waals surface area contributed by atoms with Gasteiger partial charge in [-0.15, -0.1) is 6.58 Å². The molecule has 0 aliphatic heterocycles. The van der Waals surface area contributed by atoms with Gasteiger partial charge in [0.2, 0.25) is 5.91 Å². The summed E-state index contributed by atoms with van der Waals surface area (Å²) in [6.07, 6.45) is 1.46. The SMILES string of the molecule is C=CCn1c(=O)c2ccccc2n(CC(=O)Nc2cc(OC)ccc2OC)c1=O. The van der Waals surface area contributed by atoms with Gasteiger partial charge in [-0.05, 0) is 24.3 Å². The molecule has 1 aromatic heterocycles. The first-order valence-electron chi connectivity index (χ1n) is 8.85. The molecule has 29 heavy (non-hydrogen) atoms. The van der Waals surface area contributed by atoms with Crippen LogP contribution < -0.4 is 26.0 Å². The number of nitrogens with zero attached hydrogens (tertiary/aromatic N) is 2. The van der Waals surface area contributed by atoms with Crippen molar-refractivity contribution in [2.75, 3.05) is 19.5 Å². The molecule has 0 saturated carbocycles. The van der Waals surface area contributed by atoms with Crippen LogP contribution in [0.3, 0.4) is 0 Å². The average molecular weight is 395 g/mol. The summed E-state index contributed by atoms with van der Waals surface area (Å²) >= 11 is 0. The number of amides is 1. The Labute approximate surface area is 166 Å². The van der Waals surface area contributed by atoms with E-state index in [0.717, 1.165) is 4.57 Å². The predicted molar refractivity (Wildman–Crippen MR) is 111 cm³/mol. The second-order valence-corrected chi connectivity index (χ2v) is 6.20. The van der Waals surface area contributed by atoms with Gasteiger partial charge in [0.25, 0.3) is 5.56 Å². The number of benzene rings is 2. The van der Waals surface area contributed by atoms with E-state index in [2.05, 4.69) is 11.9 Å². The predicted octanol–water partition coefficient (Wildman–Crippen LogP) is 2.01. The number of anilines is 1. The largest absolute Gasteiger partial charge is 0.497 e. The van der Waals surface area contributed by atoms with Crippen LogP contribution in [0.4, 0.5) is 5.69 Å². The van der Waals surface area contributed by atoms with Gasteiger partial charge < -0.3 is 14.8 Å². The van der Waals surface area contributed by atoms with Crippen molar-refractivity contribution in [3.05, 3.63) is 76.0 Å². The second kappa shape index (κ2) is 8.47. The second-order valence-electron chi connectivity index (χ2n) is 6.20. The van der Waals surface area contributed by atoms with Crippen molar-refractivity contribution >= 4 is 22.5 Å². The summed E-state index contributed by atoms with van der Waals surface area (Å²) < 4.78 is 12.8. The number of hydrogen-bond donors (Lipinski definition) is 1. The Balaban J connectivity index is 2.02. The molecule has 1 amide bonds. The Morgan fingerprint density at radius 2 is 1.86 bits per heavy atom. The van der Waals surface area contributed by atoms with E-state index in [1.807, 2.05) is 0 Å². The fraction of sp³-hybridized carbons (Fsp3) is 0.190. The monoisotopic (exact) mass is 395 g/mol. The lowest BCUT2D eigenvalue weighted by Crippen LogP contribution is -2.41.